The molecule has 7 nitrogen and oxygen atoms in total. The van der Waals surface area contributed by atoms with Crippen molar-refractivity contribution in [3.8, 4) is 17.1 Å². The smallest absolute Gasteiger partial charge is 0.231 e. The second-order valence-electron chi connectivity index (χ2n) is 13.2. The summed E-state index contributed by atoms with van der Waals surface area (Å²) in [5.74, 6) is 3.33. The Morgan fingerprint density at radius 2 is 1.78 bits per heavy atom. The number of hydrogen-bond donors (Lipinski definition) is 0. The van der Waals surface area contributed by atoms with E-state index >= 15 is 0 Å². The molecule has 4 aliphatic rings. The quantitative estimate of drug-likeness (QED) is 0.282. The van der Waals surface area contributed by atoms with Crippen LogP contribution in [0.1, 0.15) is 107 Å². The average Bonchev–Trinajstić information content (AvgIpc) is 3.52. The molecule has 0 radical (unpaired) electrons. The molecule has 0 saturated heterocycles. The van der Waals surface area contributed by atoms with Crippen LogP contribution in [-0.2, 0) is 10.2 Å². The van der Waals surface area contributed by atoms with Crippen LogP contribution in [0, 0.1) is 18.3 Å². The van der Waals surface area contributed by atoms with E-state index in [1.54, 1.807) is 13.3 Å². The molecular weight excluding hydrogens is 512 g/mol. The summed E-state index contributed by atoms with van der Waals surface area (Å²) in [5, 5.41) is 4.22. The van der Waals surface area contributed by atoms with Gasteiger partial charge < -0.3 is 9.26 Å². The summed E-state index contributed by atoms with van der Waals surface area (Å²) in [6.45, 7) is 6.96. The molecule has 0 spiro atoms. The molecule has 4 fully saturated rings. The lowest BCUT2D eigenvalue weighted by molar-refractivity contribution is -0.124. The van der Waals surface area contributed by atoms with Crippen molar-refractivity contribution in [3.63, 3.8) is 0 Å². The van der Waals surface area contributed by atoms with Gasteiger partial charge in [-0.1, -0.05) is 50.4 Å². The van der Waals surface area contributed by atoms with Crippen LogP contribution in [0.4, 0.5) is 5.82 Å². The Balaban J connectivity index is 1.27. The number of fused-ring (bicyclic) bond motifs is 3. The van der Waals surface area contributed by atoms with Crippen LogP contribution in [0.5, 0.6) is 5.75 Å². The molecule has 0 N–H and O–H groups in total. The number of aryl methyl sites for hydroxylation is 1. The number of benzene rings is 1. The third kappa shape index (κ3) is 5.40. The molecule has 1 amide bonds. The van der Waals surface area contributed by atoms with Gasteiger partial charge in [0.1, 0.15) is 11.6 Å². The number of aromatic nitrogens is 3. The van der Waals surface area contributed by atoms with Gasteiger partial charge in [0, 0.05) is 30.1 Å². The first-order valence-electron chi connectivity index (χ1n) is 15.6. The molecule has 218 valence electrons. The van der Waals surface area contributed by atoms with Gasteiger partial charge in [-0.3, -0.25) is 9.69 Å². The predicted octanol–water partition coefficient (Wildman–Crippen LogP) is 7.78. The van der Waals surface area contributed by atoms with Crippen LogP contribution in [0.2, 0.25) is 0 Å². The maximum atomic E-state index is 14.2. The lowest BCUT2D eigenvalue weighted by atomic mass is 9.51. The fourth-order valence-corrected chi connectivity index (χ4v) is 7.61. The maximum absolute atomic E-state index is 14.2. The van der Waals surface area contributed by atoms with Crippen molar-refractivity contribution < 1.29 is 14.1 Å². The van der Waals surface area contributed by atoms with Crippen molar-refractivity contribution >= 4 is 11.7 Å². The molecule has 3 aromatic rings. The molecule has 1 aromatic carbocycles. The van der Waals surface area contributed by atoms with Gasteiger partial charge in [-0.05, 0) is 98.4 Å². The van der Waals surface area contributed by atoms with Crippen molar-refractivity contribution in [2.45, 2.75) is 103 Å². The molecule has 41 heavy (non-hydrogen) atoms. The van der Waals surface area contributed by atoms with Crippen LogP contribution in [0.25, 0.3) is 11.4 Å². The third-order valence-electron chi connectivity index (χ3n) is 10.3. The van der Waals surface area contributed by atoms with Crippen molar-refractivity contribution in [1.29, 1.82) is 0 Å². The standard InChI is InChI=1S/C34H44N4O3/c1-23(2)31-36-30(37-41-31)26-12-19-35-29(21-26)38(32(39)25-8-6-5-7-9-25)22-33-13-16-34(17-14-33,18-15-33)27-10-11-28(40-4)24(3)20-27/h10-12,19-21,23,25H,5-9,13-18,22H2,1-4H3. The number of amides is 1. The summed E-state index contributed by atoms with van der Waals surface area (Å²) >= 11 is 0. The minimum Gasteiger partial charge on any atom is -0.496 e. The zero-order chi connectivity index (χ0) is 28.6. The molecular formula is C34H44N4O3. The Bertz CT molecular complexity index is 1370. The number of methoxy groups -OCH3 is 1. The number of nitrogens with zero attached hydrogens (tertiary/aromatic N) is 4. The summed E-state index contributed by atoms with van der Waals surface area (Å²) in [6, 6.07) is 10.6. The monoisotopic (exact) mass is 556 g/mol. The zero-order valence-electron chi connectivity index (χ0n) is 25.1. The Kier molecular flexibility index (Phi) is 7.64. The number of carbonyl (C=O) groups excluding carboxylic acids is 1. The van der Waals surface area contributed by atoms with E-state index in [9.17, 15) is 4.79 Å². The molecule has 7 rings (SSSR count). The van der Waals surface area contributed by atoms with Gasteiger partial charge in [0.2, 0.25) is 17.6 Å². The zero-order valence-corrected chi connectivity index (χ0v) is 25.1. The van der Waals surface area contributed by atoms with E-state index in [0.29, 0.717) is 11.7 Å². The fraction of sp³-hybridized carbons (Fsp3) is 0.588. The predicted molar refractivity (Wildman–Crippen MR) is 160 cm³/mol. The van der Waals surface area contributed by atoms with E-state index < -0.39 is 0 Å². The topological polar surface area (TPSA) is 81.4 Å². The summed E-state index contributed by atoms with van der Waals surface area (Å²) in [6.07, 6.45) is 14.1. The second-order valence-corrected chi connectivity index (χ2v) is 13.2. The van der Waals surface area contributed by atoms with Gasteiger partial charge in [0.25, 0.3) is 0 Å². The highest BCUT2D eigenvalue weighted by Crippen LogP contribution is 2.58. The number of carbonyl (C=O) groups is 1. The molecule has 2 bridgehead atoms. The molecule has 4 aliphatic carbocycles. The average molecular weight is 557 g/mol. The highest BCUT2D eigenvalue weighted by molar-refractivity contribution is 5.94. The Labute approximate surface area is 244 Å². The van der Waals surface area contributed by atoms with Gasteiger partial charge in [0.05, 0.1) is 7.11 Å². The van der Waals surface area contributed by atoms with E-state index in [2.05, 4.69) is 35.3 Å². The SMILES string of the molecule is COc1ccc(C23CCC(CN(C(=O)C4CCCCC4)c4cc(-c5noc(C(C)C)n5)ccn4)(CC2)CC3)cc1C. The van der Waals surface area contributed by atoms with Crippen molar-refractivity contribution in [1.82, 2.24) is 15.1 Å². The maximum Gasteiger partial charge on any atom is 0.231 e. The van der Waals surface area contributed by atoms with Crippen molar-refractivity contribution in [2.75, 3.05) is 18.6 Å². The van der Waals surface area contributed by atoms with Crippen LogP contribution >= 0.6 is 0 Å². The summed E-state index contributed by atoms with van der Waals surface area (Å²) < 4.78 is 11.0. The summed E-state index contributed by atoms with van der Waals surface area (Å²) in [5.41, 5.74) is 3.86. The Morgan fingerprint density at radius 1 is 1.05 bits per heavy atom. The van der Waals surface area contributed by atoms with Gasteiger partial charge >= 0.3 is 0 Å². The van der Waals surface area contributed by atoms with Crippen molar-refractivity contribution in [2.24, 2.45) is 11.3 Å². The molecule has 2 heterocycles. The molecule has 0 unspecified atom stereocenters. The summed E-state index contributed by atoms with van der Waals surface area (Å²) in [7, 11) is 1.74. The number of rotatable bonds is 8. The minimum atomic E-state index is 0.0804. The van der Waals surface area contributed by atoms with Crippen molar-refractivity contribution in [3.05, 3.63) is 53.5 Å². The fourth-order valence-electron chi connectivity index (χ4n) is 7.61. The first-order valence-corrected chi connectivity index (χ1v) is 15.6. The molecule has 7 heteroatoms. The van der Waals surface area contributed by atoms with Gasteiger partial charge in [-0.2, -0.15) is 4.98 Å². The number of hydrogen-bond acceptors (Lipinski definition) is 6. The first kappa shape index (κ1) is 27.9. The van der Waals surface area contributed by atoms with E-state index in [0.717, 1.165) is 68.6 Å². The molecule has 4 saturated carbocycles. The minimum absolute atomic E-state index is 0.0804. The molecule has 2 aromatic heterocycles. The Hall–Kier alpha value is -3.22. The van der Waals surface area contributed by atoms with Crippen LogP contribution in [0.3, 0.4) is 0 Å². The lowest BCUT2D eigenvalue weighted by Crippen LogP contribution is -2.51. The highest BCUT2D eigenvalue weighted by Gasteiger charge is 2.50. The van der Waals surface area contributed by atoms with Gasteiger partial charge in [-0.25, -0.2) is 4.98 Å². The Morgan fingerprint density at radius 3 is 2.41 bits per heavy atom. The largest absolute Gasteiger partial charge is 0.496 e. The highest BCUT2D eigenvalue weighted by atomic mass is 16.5. The van der Waals surface area contributed by atoms with E-state index in [4.69, 9.17) is 14.2 Å². The number of pyridine rings is 1. The number of ether oxygens (including phenoxy) is 1. The summed E-state index contributed by atoms with van der Waals surface area (Å²) in [4.78, 5) is 25.6. The first-order chi connectivity index (χ1) is 19.8. The van der Waals surface area contributed by atoms with Crippen LogP contribution in [0.15, 0.2) is 41.1 Å². The van der Waals surface area contributed by atoms with E-state index in [1.807, 2.05) is 30.9 Å². The second kappa shape index (κ2) is 11.2. The van der Waals surface area contributed by atoms with Gasteiger partial charge in [-0.15, -0.1) is 0 Å². The van der Waals surface area contributed by atoms with Crippen LogP contribution < -0.4 is 9.64 Å². The van der Waals surface area contributed by atoms with E-state index in [-0.39, 0.29) is 28.6 Å². The molecule has 0 atom stereocenters. The van der Waals surface area contributed by atoms with Crippen LogP contribution in [-0.4, -0.2) is 34.7 Å². The molecule has 0 aliphatic heterocycles. The third-order valence-corrected chi connectivity index (χ3v) is 10.3. The normalized spacial score (nSPS) is 24.5. The van der Waals surface area contributed by atoms with Gasteiger partial charge in [0.15, 0.2) is 0 Å². The van der Waals surface area contributed by atoms with E-state index in [1.165, 1.54) is 36.8 Å². The lowest BCUT2D eigenvalue weighted by Gasteiger charge is -2.55. The number of anilines is 1.